The maximum atomic E-state index is 9.99. The third kappa shape index (κ3) is 1.51. The number of phenols is 2. The first-order valence-corrected chi connectivity index (χ1v) is 5.46. The summed E-state index contributed by atoms with van der Waals surface area (Å²) in [5.41, 5.74) is 2.62. The van der Waals surface area contributed by atoms with Gasteiger partial charge in [0.25, 0.3) is 0 Å². The molecular formula is C14H12O3. The van der Waals surface area contributed by atoms with Crippen molar-refractivity contribution in [3.05, 3.63) is 47.0 Å². The van der Waals surface area contributed by atoms with Crippen molar-refractivity contribution in [1.29, 1.82) is 0 Å². The summed E-state index contributed by atoms with van der Waals surface area (Å²) in [5, 5.41) is 19.4. The highest BCUT2D eigenvalue weighted by Crippen LogP contribution is 2.42. The van der Waals surface area contributed by atoms with Crippen molar-refractivity contribution in [2.75, 3.05) is 0 Å². The predicted molar refractivity (Wildman–Crippen MR) is 63.8 cm³/mol. The standard InChI is InChI=1S/C14H12O3/c1-8-2-5-12-11(14(8)16)6-9-3-4-10(15)7-13(9)17-12/h2-5,7,15-16H,6H2,1H3. The fourth-order valence-corrected chi connectivity index (χ4v) is 2.09. The van der Waals surface area contributed by atoms with E-state index in [2.05, 4.69) is 0 Å². The molecule has 0 radical (unpaired) electrons. The number of phenolic OH excluding ortho intramolecular Hbond substituents is 2. The van der Waals surface area contributed by atoms with Gasteiger partial charge in [-0.05, 0) is 30.2 Å². The summed E-state index contributed by atoms with van der Waals surface area (Å²) in [4.78, 5) is 0. The first-order valence-electron chi connectivity index (χ1n) is 5.46. The van der Waals surface area contributed by atoms with Gasteiger partial charge in [0, 0.05) is 18.1 Å². The molecule has 1 aliphatic rings. The van der Waals surface area contributed by atoms with Gasteiger partial charge in [0.1, 0.15) is 23.0 Å². The number of ether oxygens (including phenoxy) is 1. The lowest BCUT2D eigenvalue weighted by Crippen LogP contribution is -2.03. The van der Waals surface area contributed by atoms with Gasteiger partial charge < -0.3 is 14.9 Å². The van der Waals surface area contributed by atoms with Gasteiger partial charge in [0.2, 0.25) is 0 Å². The van der Waals surface area contributed by atoms with Crippen LogP contribution >= 0.6 is 0 Å². The van der Waals surface area contributed by atoms with Crippen LogP contribution in [0, 0.1) is 6.92 Å². The van der Waals surface area contributed by atoms with E-state index in [0.717, 1.165) is 16.7 Å². The lowest BCUT2D eigenvalue weighted by Gasteiger charge is -2.21. The van der Waals surface area contributed by atoms with E-state index >= 15 is 0 Å². The Kier molecular flexibility index (Phi) is 2.01. The van der Waals surface area contributed by atoms with Gasteiger partial charge in [-0.2, -0.15) is 0 Å². The predicted octanol–water partition coefficient (Wildman–Crippen LogP) is 3.10. The van der Waals surface area contributed by atoms with Crippen LogP contribution in [0.5, 0.6) is 23.0 Å². The number of hydrogen-bond donors (Lipinski definition) is 2. The lowest BCUT2D eigenvalue weighted by atomic mass is 9.97. The van der Waals surface area contributed by atoms with Gasteiger partial charge in [-0.1, -0.05) is 12.1 Å². The van der Waals surface area contributed by atoms with Crippen molar-refractivity contribution in [2.45, 2.75) is 13.3 Å². The monoisotopic (exact) mass is 228 g/mol. The van der Waals surface area contributed by atoms with Crippen molar-refractivity contribution in [1.82, 2.24) is 0 Å². The number of hydrogen-bond acceptors (Lipinski definition) is 3. The Bertz CT molecular complexity index is 603. The largest absolute Gasteiger partial charge is 0.508 e. The first-order chi connectivity index (χ1) is 8.15. The van der Waals surface area contributed by atoms with Gasteiger partial charge in [0.15, 0.2) is 0 Å². The topological polar surface area (TPSA) is 49.7 Å². The SMILES string of the molecule is Cc1ccc2c(c1O)Cc1ccc(O)cc1O2. The van der Waals surface area contributed by atoms with Crippen molar-refractivity contribution in [3.8, 4) is 23.0 Å². The number of benzene rings is 2. The summed E-state index contributed by atoms with van der Waals surface area (Å²) < 4.78 is 5.67. The van der Waals surface area contributed by atoms with Crippen LogP contribution in [0.1, 0.15) is 16.7 Å². The van der Waals surface area contributed by atoms with E-state index in [4.69, 9.17) is 4.74 Å². The molecule has 2 N–H and O–H groups in total. The van der Waals surface area contributed by atoms with Crippen LogP contribution in [0.25, 0.3) is 0 Å². The van der Waals surface area contributed by atoms with Crippen LogP contribution in [0.15, 0.2) is 30.3 Å². The average molecular weight is 228 g/mol. The molecule has 0 spiro atoms. The van der Waals surface area contributed by atoms with Crippen molar-refractivity contribution >= 4 is 0 Å². The summed E-state index contributed by atoms with van der Waals surface area (Å²) in [5.74, 6) is 1.79. The maximum Gasteiger partial charge on any atom is 0.134 e. The van der Waals surface area contributed by atoms with Crippen LogP contribution < -0.4 is 4.74 Å². The molecule has 0 atom stereocenters. The summed E-state index contributed by atoms with van der Waals surface area (Å²) in [6.07, 6.45) is 0.623. The Labute approximate surface area is 98.9 Å². The second kappa shape index (κ2) is 3.42. The Hall–Kier alpha value is -2.16. The van der Waals surface area contributed by atoms with Crippen LogP contribution in [0.4, 0.5) is 0 Å². The van der Waals surface area contributed by atoms with Crippen molar-refractivity contribution in [2.24, 2.45) is 0 Å². The van der Waals surface area contributed by atoms with Crippen LogP contribution in [0.3, 0.4) is 0 Å². The van der Waals surface area contributed by atoms with Crippen LogP contribution in [0.2, 0.25) is 0 Å². The minimum absolute atomic E-state index is 0.184. The Morgan fingerprint density at radius 2 is 1.88 bits per heavy atom. The normalized spacial score (nSPS) is 12.5. The summed E-state index contributed by atoms with van der Waals surface area (Å²) >= 11 is 0. The van der Waals surface area contributed by atoms with Crippen LogP contribution in [-0.4, -0.2) is 10.2 Å². The van der Waals surface area contributed by atoms with E-state index in [9.17, 15) is 10.2 Å². The van der Waals surface area contributed by atoms with Crippen LogP contribution in [-0.2, 0) is 6.42 Å². The minimum Gasteiger partial charge on any atom is -0.508 e. The smallest absolute Gasteiger partial charge is 0.134 e. The zero-order valence-corrected chi connectivity index (χ0v) is 9.40. The zero-order valence-electron chi connectivity index (χ0n) is 9.40. The number of aryl methyl sites for hydroxylation is 1. The van der Waals surface area contributed by atoms with E-state index in [0.29, 0.717) is 23.7 Å². The Balaban J connectivity index is 2.14. The van der Waals surface area contributed by atoms with E-state index in [1.165, 1.54) is 0 Å². The van der Waals surface area contributed by atoms with E-state index in [-0.39, 0.29) is 5.75 Å². The highest BCUT2D eigenvalue weighted by atomic mass is 16.5. The van der Waals surface area contributed by atoms with Gasteiger partial charge in [-0.15, -0.1) is 0 Å². The Morgan fingerprint density at radius 3 is 2.71 bits per heavy atom. The molecule has 2 aromatic carbocycles. The third-order valence-corrected chi connectivity index (χ3v) is 3.08. The quantitative estimate of drug-likeness (QED) is 0.621. The average Bonchev–Trinajstić information content (AvgIpc) is 2.32. The second-order valence-electron chi connectivity index (χ2n) is 4.28. The molecule has 2 aromatic rings. The molecule has 0 aliphatic carbocycles. The first kappa shape index (κ1) is 10.0. The number of rotatable bonds is 0. The molecule has 0 aromatic heterocycles. The highest BCUT2D eigenvalue weighted by Gasteiger charge is 2.20. The molecule has 3 heteroatoms. The molecule has 0 fully saturated rings. The number of aromatic hydroxyl groups is 2. The maximum absolute atomic E-state index is 9.99. The molecule has 86 valence electrons. The molecule has 0 saturated heterocycles. The molecule has 0 unspecified atom stereocenters. The zero-order chi connectivity index (χ0) is 12.0. The van der Waals surface area contributed by atoms with E-state index in [1.807, 2.05) is 25.1 Å². The van der Waals surface area contributed by atoms with E-state index < -0.39 is 0 Å². The molecule has 17 heavy (non-hydrogen) atoms. The number of fused-ring (bicyclic) bond motifs is 2. The Morgan fingerprint density at radius 1 is 1.06 bits per heavy atom. The molecule has 0 amide bonds. The van der Waals surface area contributed by atoms with Gasteiger partial charge in [0.05, 0.1) is 0 Å². The molecular weight excluding hydrogens is 216 g/mol. The molecule has 3 rings (SSSR count). The van der Waals surface area contributed by atoms with E-state index in [1.54, 1.807) is 12.1 Å². The minimum atomic E-state index is 0.184. The molecule has 1 aliphatic heterocycles. The molecule has 3 nitrogen and oxygen atoms in total. The molecule has 0 bridgehead atoms. The summed E-state index contributed by atoms with van der Waals surface area (Å²) in [6, 6.07) is 8.70. The van der Waals surface area contributed by atoms with Crippen molar-refractivity contribution < 1.29 is 14.9 Å². The third-order valence-electron chi connectivity index (χ3n) is 3.08. The second-order valence-corrected chi connectivity index (χ2v) is 4.28. The van der Waals surface area contributed by atoms with Gasteiger partial charge in [-0.3, -0.25) is 0 Å². The fraction of sp³-hybridized carbons (Fsp3) is 0.143. The summed E-state index contributed by atoms with van der Waals surface area (Å²) in [6.45, 7) is 1.86. The highest BCUT2D eigenvalue weighted by molar-refractivity contribution is 5.57. The van der Waals surface area contributed by atoms with Gasteiger partial charge in [-0.25, -0.2) is 0 Å². The molecule has 1 heterocycles. The van der Waals surface area contributed by atoms with Gasteiger partial charge >= 0.3 is 0 Å². The summed E-state index contributed by atoms with van der Waals surface area (Å²) in [7, 11) is 0. The van der Waals surface area contributed by atoms with Crippen molar-refractivity contribution in [3.63, 3.8) is 0 Å². The lowest BCUT2D eigenvalue weighted by molar-refractivity contribution is 0.423. The molecule has 0 saturated carbocycles. The fourth-order valence-electron chi connectivity index (χ4n) is 2.09.